The molecule has 0 aliphatic heterocycles. The smallest absolute Gasteiger partial charge is 0.426 e. The number of carboxylic acids is 1. The number of amides is 4. The highest BCUT2D eigenvalue weighted by molar-refractivity contribution is 9.11. The number of nitrogens with one attached hydrogen (secondary N) is 1. The maximum absolute atomic E-state index is 14.5. The van der Waals surface area contributed by atoms with Gasteiger partial charge in [-0.25, -0.2) is 28.1 Å². The fourth-order valence-electron chi connectivity index (χ4n) is 9.46. The number of methoxy groups -OCH3 is 3. The van der Waals surface area contributed by atoms with Crippen LogP contribution in [0.5, 0.6) is 17.2 Å². The van der Waals surface area contributed by atoms with Gasteiger partial charge in [0.05, 0.1) is 90.7 Å². The quantitative estimate of drug-likeness (QED) is 0.0318. The summed E-state index contributed by atoms with van der Waals surface area (Å²) < 4.78 is 121. The fraction of sp³-hybridized carbons (Fsp3) is 0.208. The average molecular weight is 1610 g/mol. The molecule has 103 heavy (non-hydrogen) atoms. The lowest BCUT2D eigenvalue weighted by molar-refractivity contribution is -0.229. The maximum atomic E-state index is 14.5. The predicted octanol–water partition coefficient (Wildman–Crippen LogP) is 20.7. The molecule has 0 fully saturated rings. The SMILES string of the molecule is CC(F)(c1cc(Cl)c(N)c(Br)c1)C(F)(F)F.[C-]#[N+]c1ccc(C(=O)N(CC)c2cccc(C(=O)Cl)c2OC)cc1.[C-]#[N+]c1ccc(C(=O)N(CC)c2cccc(C(=O)Nc3c(Cl)cc(C(C)(F)C(F)(F)F)cc3Br)c2OC)cc1.[C-]#[N+]c1ccc(C(=O)N(CC)c2cccc(C(=O)O)c2OC)cc1. The van der Waals surface area contributed by atoms with Gasteiger partial charge in [-0.2, -0.15) is 26.3 Å². The summed E-state index contributed by atoms with van der Waals surface area (Å²) in [6.07, 6.45) is -10.2. The van der Waals surface area contributed by atoms with E-state index in [0.717, 1.165) is 24.3 Å². The summed E-state index contributed by atoms with van der Waals surface area (Å²) in [6.45, 7) is 28.1. The van der Waals surface area contributed by atoms with E-state index in [2.05, 4.69) is 51.7 Å². The minimum absolute atomic E-state index is 0.00210. The van der Waals surface area contributed by atoms with Gasteiger partial charge in [-0.05, 0) is 139 Å². The van der Waals surface area contributed by atoms with E-state index >= 15 is 0 Å². The molecule has 0 saturated carbocycles. The number of carboxylic acid groups (broad SMARTS) is 1. The van der Waals surface area contributed by atoms with Crippen LogP contribution in [0.15, 0.2) is 161 Å². The van der Waals surface area contributed by atoms with Gasteiger partial charge >= 0.3 is 18.3 Å². The largest absolute Gasteiger partial charge is 0.494 e. The molecule has 538 valence electrons. The zero-order chi connectivity index (χ0) is 77.2. The molecule has 31 heteroatoms. The van der Waals surface area contributed by atoms with Gasteiger partial charge in [0.1, 0.15) is 5.56 Å². The molecule has 18 nitrogen and oxygen atoms in total. The van der Waals surface area contributed by atoms with E-state index in [1.165, 1.54) is 78.5 Å². The van der Waals surface area contributed by atoms with Crippen LogP contribution in [0.1, 0.15) is 108 Å². The third-order valence-corrected chi connectivity index (χ3v) is 17.2. The van der Waals surface area contributed by atoms with Crippen LogP contribution in [0.3, 0.4) is 0 Å². The molecule has 0 aliphatic rings. The number of halogens is 13. The topological polar surface area (TPSA) is 211 Å². The van der Waals surface area contributed by atoms with Gasteiger partial charge in [0.2, 0.25) is 11.3 Å². The Morgan fingerprint density at radius 2 is 0.816 bits per heavy atom. The number of alkyl halides is 8. The maximum Gasteiger partial charge on any atom is 0.426 e. The van der Waals surface area contributed by atoms with E-state index in [1.807, 2.05) is 6.92 Å². The predicted molar refractivity (Wildman–Crippen MR) is 386 cm³/mol. The molecule has 0 aromatic heterocycles. The summed E-state index contributed by atoms with van der Waals surface area (Å²) in [5.74, 6) is -2.37. The molecule has 0 aliphatic carbocycles. The number of nitrogens with zero attached hydrogens (tertiary/aromatic N) is 6. The van der Waals surface area contributed by atoms with Crippen molar-refractivity contribution in [1.82, 2.24) is 0 Å². The number of nitrogen functional groups attached to an aromatic ring is 1. The van der Waals surface area contributed by atoms with Crippen molar-refractivity contribution >= 4 is 147 Å². The van der Waals surface area contributed by atoms with Crippen molar-refractivity contribution in [3.63, 3.8) is 0 Å². The number of nitrogens with two attached hydrogens (primary N) is 1. The molecule has 8 rings (SSSR count). The summed E-state index contributed by atoms with van der Waals surface area (Å²) >= 11 is 23.3. The third-order valence-electron chi connectivity index (χ3n) is 15.1. The number of hydrogen-bond donors (Lipinski definition) is 3. The van der Waals surface area contributed by atoms with Crippen molar-refractivity contribution in [3.8, 4) is 17.2 Å². The Morgan fingerprint density at radius 3 is 1.11 bits per heavy atom. The van der Waals surface area contributed by atoms with Crippen LogP contribution in [-0.2, 0) is 11.3 Å². The van der Waals surface area contributed by atoms with Gasteiger partial charge in [-0.3, -0.25) is 24.0 Å². The number of aromatic carboxylic acids is 1. The van der Waals surface area contributed by atoms with E-state index in [9.17, 15) is 69.0 Å². The lowest BCUT2D eigenvalue weighted by atomic mass is 9.97. The standard InChI is InChI=1S/C27H21BrClF4N3O3.C18H15ClN2O3.C18H16N2O4.C9H7BrClF4N/c1-5-36(25(38)15-9-11-17(34-3)12-10-15)21-8-6-7-18(23(21)39-4)24(37)35-22-19(28)13-16(14-20(22)29)26(2,30)27(31,32)33;1-4-21(18(23)12-8-10-13(20-2)11-9-12)15-7-5-6-14(17(19)22)16(15)24-3;1-4-20(17(21)12-8-10-13(19-2)11-9-12)15-7-5-6-14(18(22)23)16(15)24-3;1-8(12,9(13,14)15)4-2-5(10)7(16)6(11)3-4/h6-14H,5H2,1-2,4H3,(H,35,37);5-11H,4H2,1,3H3;5-11H,4H2,1,3H3,(H,22,23);2-3H,16H2,1H3. The number of hydrogen-bond acceptors (Lipinski definition) is 10. The Labute approximate surface area is 618 Å². The second-order valence-corrected chi connectivity index (χ2v) is 24.3. The monoisotopic (exact) mass is 1610 g/mol. The summed E-state index contributed by atoms with van der Waals surface area (Å²) in [5, 5.41) is 10.7. The summed E-state index contributed by atoms with van der Waals surface area (Å²) in [4.78, 5) is 89.2. The van der Waals surface area contributed by atoms with Crippen LogP contribution in [0.4, 0.5) is 80.6 Å². The minimum Gasteiger partial charge on any atom is -0.494 e. The molecule has 2 unspecified atom stereocenters. The van der Waals surface area contributed by atoms with E-state index in [-0.39, 0.29) is 88.4 Å². The van der Waals surface area contributed by atoms with Gasteiger partial charge in [0, 0.05) is 56.4 Å². The first-order valence-electron chi connectivity index (χ1n) is 29.8. The average Bonchev–Trinajstić information content (AvgIpc) is 0.819. The van der Waals surface area contributed by atoms with Crippen LogP contribution < -0.4 is 40.0 Å². The van der Waals surface area contributed by atoms with Crippen LogP contribution in [0, 0.1) is 19.7 Å². The van der Waals surface area contributed by atoms with Crippen molar-refractivity contribution in [1.29, 1.82) is 0 Å². The number of carbonyl (C=O) groups excluding carboxylic acids is 5. The number of rotatable bonds is 18. The molecule has 0 spiro atoms. The van der Waals surface area contributed by atoms with E-state index in [1.54, 1.807) is 98.8 Å². The number of para-hydroxylation sites is 3. The molecule has 2 atom stereocenters. The highest BCUT2D eigenvalue weighted by Gasteiger charge is 2.55. The Hall–Kier alpha value is -10.3. The second-order valence-electron chi connectivity index (χ2n) is 21.4. The molecule has 0 heterocycles. The van der Waals surface area contributed by atoms with Crippen molar-refractivity contribution in [2.75, 3.05) is 66.7 Å². The van der Waals surface area contributed by atoms with Crippen LogP contribution in [0.2, 0.25) is 10.0 Å². The zero-order valence-electron chi connectivity index (χ0n) is 55.4. The Bertz CT molecular complexity index is 4420. The van der Waals surface area contributed by atoms with Crippen molar-refractivity contribution in [2.24, 2.45) is 0 Å². The third kappa shape index (κ3) is 19.7. The summed E-state index contributed by atoms with van der Waals surface area (Å²) in [7, 11) is 4.11. The highest BCUT2D eigenvalue weighted by atomic mass is 79.9. The summed E-state index contributed by atoms with van der Waals surface area (Å²) in [6, 6.07) is 36.3. The van der Waals surface area contributed by atoms with Gasteiger partial charge < -0.3 is 45.1 Å². The number of ether oxygens (including phenoxy) is 3. The summed E-state index contributed by atoms with van der Waals surface area (Å²) in [5.41, 5.74) is 0.702. The van der Waals surface area contributed by atoms with Crippen LogP contribution >= 0.6 is 66.7 Å². The van der Waals surface area contributed by atoms with Crippen molar-refractivity contribution in [3.05, 3.63) is 249 Å². The van der Waals surface area contributed by atoms with Gasteiger partial charge in [-0.1, -0.05) is 114 Å². The second kappa shape index (κ2) is 36.0. The molecule has 0 bridgehead atoms. The van der Waals surface area contributed by atoms with Crippen LogP contribution in [-0.4, -0.2) is 93.3 Å². The first-order valence-corrected chi connectivity index (χ1v) is 32.5. The Kier molecular flexibility index (Phi) is 29.2. The van der Waals surface area contributed by atoms with Crippen molar-refractivity contribution < 1.29 is 83.2 Å². The Balaban J connectivity index is 0.000000260. The van der Waals surface area contributed by atoms with E-state index < -0.39 is 57.8 Å². The number of carbonyl (C=O) groups is 6. The Morgan fingerprint density at radius 1 is 0.505 bits per heavy atom. The van der Waals surface area contributed by atoms with Crippen LogP contribution in [0.25, 0.3) is 14.5 Å². The molecule has 0 saturated heterocycles. The number of anilines is 5. The van der Waals surface area contributed by atoms with Gasteiger partial charge in [0.25, 0.3) is 28.9 Å². The first kappa shape index (κ1) is 83.4. The number of benzene rings is 8. The normalized spacial score (nSPS) is 11.9. The molecule has 4 amide bonds. The minimum atomic E-state index is -5.18. The highest BCUT2D eigenvalue weighted by Crippen LogP contribution is 2.48. The lowest BCUT2D eigenvalue weighted by Crippen LogP contribution is -2.35. The first-order chi connectivity index (χ1) is 48.4. The lowest BCUT2D eigenvalue weighted by Gasteiger charge is -2.25. The van der Waals surface area contributed by atoms with E-state index in [0.29, 0.717) is 72.1 Å². The molecule has 8 aromatic rings. The van der Waals surface area contributed by atoms with Crippen molar-refractivity contribution in [2.45, 2.75) is 58.3 Å². The van der Waals surface area contributed by atoms with Gasteiger partial charge in [-0.15, -0.1) is 0 Å². The molecular formula is C72H59Br2Cl3F8N8O10. The molecular weight excluding hydrogens is 1550 g/mol. The molecule has 8 aromatic carbocycles. The van der Waals surface area contributed by atoms with E-state index in [4.69, 9.17) is 74.5 Å². The fourth-order valence-corrected chi connectivity index (χ4v) is 11.3. The van der Waals surface area contributed by atoms with Gasteiger partial charge in [0.15, 0.2) is 34.3 Å². The molecule has 0 radical (unpaired) electrons. The zero-order valence-corrected chi connectivity index (χ0v) is 60.8. The molecule has 4 N–H and O–H groups in total.